The van der Waals surface area contributed by atoms with Crippen LogP contribution in [0.2, 0.25) is 0 Å². The third-order valence-electron chi connectivity index (χ3n) is 4.02. The second-order valence-corrected chi connectivity index (χ2v) is 5.13. The van der Waals surface area contributed by atoms with E-state index >= 15 is 0 Å². The molecule has 1 aliphatic carbocycles. The Hall–Kier alpha value is -0.120. The quantitative estimate of drug-likeness (QED) is 0.665. The minimum atomic E-state index is 0.372. The summed E-state index contributed by atoms with van der Waals surface area (Å²) < 4.78 is 10.9. The van der Waals surface area contributed by atoms with Gasteiger partial charge >= 0.3 is 0 Å². The Balaban J connectivity index is 2.43. The third kappa shape index (κ3) is 4.94. The maximum atomic E-state index is 5.77. The number of likely N-dealkylation sites (N-methyl/N-ethyl adjacent to an activating group) is 1. The van der Waals surface area contributed by atoms with Crippen molar-refractivity contribution in [1.82, 2.24) is 5.32 Å². The van der Waals surface area contributed by atoms with Crippen molar-refractivity contribution in [3.8, 4) is 0 Å². The molecule has 1 aliphatic rings. The second-order valence-electron chi connectivity index (χ2n) is 5.13. The summed E-state index contributed by atoms with van der Waals surface area (Å²) in [5.74, 6) is 0.744. The predicted octanol–water partition coefficient (Wildman–Crippen LogP) is 2.60. The molecule has 1 rings (SSSR count). The number of nitrogens with one attached hydrogen (secondary N) is 1. The first kappa shape index (κ1) is 14.9. The maximum Gasteiger partial charge on any atom is 0.0752 e. The lowest BCUT2D eigenvalue weighted by molar-refractivity contribution is 0.00605. The number of rotatable bonds is 8. The van der Waals surface area contributed by atoms with Crippen LogP contribution < -0.4 is 5.32 Å². The van der Waals surface area contributed by atoms with E-state index in [0.717, 1.165) is 25.4 Å². The molecule has 2 atom stereocenters. The minimum absolute atomic E-state index is 0.372. The largest absolute Gasteiger partial charge is 0.385 e. The first-order valence-electron chi connectivity index (χ1n) is 7.02. The standard InChI is InChI=1S/C14H29NO2/c1-15-13(10-7-11-16-2)14(17-3)12-8-5-4-6-9-12/h12-15H,4-11H2,1-3H3. The molecule has 102 valence electrons. The lowest BCUT2D eigenvalue weighted by Crippen LogP contribution is -2.44. The molecule has 0 aromatic rings. The van der Waals surface area contributed by atoms with Gasteiger partial charge in [0.1, 0.15) is 0 Å². The molecule has 0 heterocycles. The molecule has 0 bridgehead atoms. The first-order valence-corrected chi connectivity index (χ1v) is 7.02. The van der Waals surface area contributed by atoms with Crippen molar-refractivity contribution in [2.24, 2.45) is 5.92 Å². The van der Waals surface area contributed by atoms with Gasteiger partial charge in [0.2, 0.25) is 0 Å². The number of hydrogen-bond acceptors (Lipinski definition) is 3. The van der Waals surface area contributed by atoms with Crippen LogP contribution in [0.15, 0.2) is 0 Å². The Bertz CT molecular complexity index is 181. The molecule has 1 N–H and O–H groups in total. The van der Waals surface area contributed by atoms with Gasteiger partial charge in [0, 0.05) is 26.9 Å². The lowest BCUT2D eigenvalue weighted by Gasteiger charge is -2.34. The van der Waals surface area contributed by atoms with Gasteiger partial charge < -0.3 is 14.8 Å². The molecule has 17 heavy (non-hydrogen) atoms. The van der Waals surface area contributed by atoms with Crippen LogP contribution in [0.25, 0.3) is 0 Å². The van der Waals surface area contributed by atoms with Crippen LogP contribution >= 0.6 is 0 Å². The van der Waals surface area contributed by atoms with Gasteiger partial charge in [0.25, 0.3) is 0 Å². The second kappa shape index (κ2) is 8.90. The normalized spacial score (nSPS) is 21.4. The smallest absolute Gasteiger partial charge is 0.0752 e. The van der Waals surface area contributed by atoms with Gasteiger partial charge in [-0.1, -0.05) is 19.3 Å². The molecule has 0 radical (unpaired) electrons. The minimum Gasteiger partial charge on any atom is -0.385 e. The monoisotopic (exact) mass is 243 g/mol. The summed E-state index contributed by atoms with van der Waals surface area (Å²) in [6.07, 6.45) is 9.44. The summed E-state index contributed by atoms with van der Waals surface area (Å²) in [6, 6.07) is 0.471. The molecule has 0 aliphatic heterocycles. The highest BCUT2D eigenvalue weighted by Gasteiger charge is 2.29. The molecule has 0 saturated heterocycles. The molecule has 0 aromatic carbocycles. The van der Waals surface area contributed by atoms with Gasteiger partial charge in [-0.15, -0.1) is 0 Å². The van der Waals surface area contributed by atoms with E-state index in [1.807, 2.05) is 14.2 Å². The number of hydrogen-bond donors (Lipinski definition) is 1. The fraction of sp³-hybridized carbons (Fsp3) is 1.00. The van der Waals surface area contributed by atoms with E-state index in [0.29, 0.717) is 12.1 Å². The van der Waals surface area contributed by atoms with Crippen molar-refractivity contribution in [3.63, 3.8) is 0 Å². The van der Waals surface area contributed by atoms with Gasteiger partial charge in [-0.05, 0) is 38.6 Å². The molecule has 0 spiro atoms. The van der Waals surface area contributed by atoms with Gasteiger partial charge in [0.05, 0.1) is 6.10 Å². The topological polar surface area (TPSA) is 30.5 Å². The molecule has 0 amide bonds. The van der Waals surface area contributed by atoms with Gasteiger partial charge in [-0.3, -0.25) is 0 Å². The summed E-state index contributed by atoms with van der Waals surface area (Å²) in [7, 11) is 5.68. The van der Waals surface area contributed by atoms with Crippen LogP contribution in [0.5, 0.6) is 0 Å². The third-order valence-corrected chi connectivity index (χ3v) is 4.02. The summed E-state index contributed by atoms with van der Waals surface area (Å²) in [4.78, 5) is 0. The van der Waals surface area contributed by atoms with E-state index < -0.39 is 0 Å². The Morgan fingerprint density at radius 1 is 1.18 bits per heavy atom. The number of methoxy groups -OCH3 is 2. The SMILES string of the molecule is CNC(CCCOC)C(OC)C1CCCCC1. The molecule has 1 fully saturated rings. The fourth-order valence-electron chi connectivity index (χ4n) is 3.07. The van der Waals surface area contributed by atoms with Gasteiger partial charge in [-0.25, -0.2) is 0 Å². The van der Waals surface area contributed by atoms with Crippen molar-refractivity contribution >= 4 is 0 Å². The van der Waals surface area contributed by atoms with E-state index in [1.165, 1.54) is 32.1 Å². The van der Waals surface area contributed by atoms with Crippen molar-refractivity contribution in [2.75, 3.05) is 27.9 Å². The predicted molar refractivity (Wildman–Crippen MR) is 71.3 cm³/mol. The first-order chi connectivity index (χ1) is 8.33. The average molecular weight is 243 g/mol. The van der Waals surface area contributed by atoms with Gasteiger partial charge in [-0.2, -0.15) is 0 Å². The average Bonchev–Trinajstić information content (AvgIpc) is 2.39. The van der Waals surface area contributed by atoms with Crippen molar-refractivity contribution in [2.45, 2.75) is 57.1 Å². The molecule has 3 heteroatoms. The molecule has 0 aromatic heterocycles. The van der Waals surface area contributed by atoms with Crippen LogP contribution in [0, 0.1) is 5.92 Å². The zero-order valence-corrected chi connectivity index (χ0v) is 11.7. The Kier molecular flexibility index (Phi) is 7.82. The molecule has 2 unspecified atom stereocenters. The Morgan fingerprint density at radius 3 is 2.41 bits per heavy atom. The van der Waals surface area contributed by atoms with Crippen molar-refractivity contribution in [3.05, 3.63) is 0 Å². The number of ether oxygens (including phenoxy) is 2. The summed E-state index contributed by atoms with van der Waals surface area (Å²) in [5, 5.41) is 3.43. The summed E-state index contributed by atoms with van der Waals surface area (Å²) in [6.45, 7) is 0.847. The van der Waals surface area contributed by atoms with Gasteiger partial charge in [0.15, 0.2) is 0 Å². The van der Waals surface area contributed by atoms with E-state index in [4.69, 9.17) is 9.47 Å². The summed E-state index contributed by atoms with van der Waals surface area (Å²) in [5.41, 5.74) is 0. The summed E-state index contributed by atoms with van der Waals surface area (Å²) >= 11 is 0. The van der Waals surface area contributed by atoms with E-state index in [2.05, 4.69) is 5.32 Å². The molecular weight excluding hydrogens is 214 g/mol. The lowest BCUT2D eigenvalue weighted by atomic mass is 9.81. The highest BCUT2D eigenvalue weighted by Crippen LogP contribution is 2.30. The van der Waals surface area contributed by atoms with E-state index in [-0.39, 0.29) is 0 Å². The van der Waals surface area contributed by atoms with E-state index in [1.54, 1.807) is 7.11 Å². The molecular formula is C14H29NO2. The molecule has 3 nitrogen and oxygen atoms in total. The van der Waals surface area contributed by atoms with Crippen LogP contribution in [-0.2, 0) is 9.47 Å². The highest BCUT2D eigenvalue weighted by molar-refractivity contribution is 4.84. The highest BCUT2D eigenvalue weighted by atomic mass is 16.5. The zero-order chi connectivity index (χ0) is 12.5. The van der Waals surface area contributed by atoms with Crippen LogP contribution in [0.3, 0.4) is 0 Å². The van der Waals surface area contributed by atoms with Crippen molar-refractivity contribution < 1.29 is 9.47 Å². The van der Waals surface area contributed by atoms with Crippen LogP contribution in [0.1, 0.15) is 44.9 Å². The van der Waals surface area contributed by atoms with Crippen LogP contribution in [0.4, 0.5) is 0 Å². The fourth-order valence-corrected chi connectivity index (χ4v) is 3.07. The molecule has 1 saturated carbocycles. The maximum absolute atomic E-state index is 5.77. The van der Waals surface area contributed by atoms with E-state index in [9.17, 15) is 0 Å². The van der Waals surface area contributed by atoms with Crippen molar-refractivity contribution in [1.29, 1.82) is 0 Å². The Morgan fingerprint density at radius 2 is 1.88 bits per heavy atom. The Labute approximate surface area is 106 Å². The zero-order valence-electron chi connectivity index (χ0n) is 11.7. The van der Waals surface area contributed by atoms with Crippen LogP contribution in [-0.4, -0.2) is 40.0 Å².